The van der Waals surface area contributed by atoms with Crippen LogP contribution in [0.5, 0.6) is 5.75 Å². The molecule has 6 nitrogen and oxygen atoms in total. The lowest BCUT2D eigenvalue weighted by Crippen LogP contribution is -2.26. The van der Waals surface area contributed by atoms with Gasteiger partial charge >= 0.3 is 0 Å². The molecule has 132 valence electrons. The summed E-state index contributed by atoms with van der Waals surface area (Å²) in [6.07, 6.45) is 0. The maximum atomic E-state index is 11.9. The van der Waals surface area contributed by atoms with Crippen LogP contribution < -0.4 is 20.4 Å². The van der Waals surface area contributed by atoms with Crippen LogP contribution in [0.1, 0.15) is 12.5 Å². The van der Waals surface area contributed by atoms with Crippen molar-refractivity contribution in [3.8, 4) is 5.75 Å². The summed E-state index contributed by atoms with van der Waals surface area (Å²) >= 11 is 0. The lowest BCUT2D eigenvalue weighted by atomic mass is 10.1. The molecular weight excluding hydrogens is 316 g/mol. The third-order valence-corrected chi connectivity index (χ3v) is 3.67. The number of carbonyl (C=O) groups is 1. The van der Waals surface area contributed by atoms with Crippen molar-refractivity contribution >= 4 is 23.0 Å². The number of nitrogens with one attached hydrogen (secondary N) is 2. The van der Waals surface area contributed by atoms with Crippen LogP contribution in [0.4, 0.5) is 11.4 Å². The predicted molar refractivity (Wildman–Crippen MR) is 103 cm³/mol. The smallest absolute Gasteiger partial charge is 0.259 e. The number of methoxy groups -OCH3 is 1. The molecule has 0 aliphatic rings. The molecule has 2 N–H and O–H groups in total. The fraction of sp³-hybridized carbons (Fsp3) is 0.263. The Balaban J connectivity index is 1.88. The van der Waals surface area contributed by atoms with Crippen molar-refractivity contribution in [3.05, 3.63) is 54.1 Å². The molecule has 0 saturated heterocycles. The summed E-state index contributed by atoms with van der Waals surface area (Å²) in [7, 11) is 5.59. The van der Waals surface area contributed by atoms with Gasteiger partial charge in [-0.1, -0.05) is 18.2 Å². The molecule has 2 aromatic rings. The number of carbonyl (C=O) groups excluding carboxylic acids is 1. The van der Waals surface area contributed by atoms with Gasteiger partial charge in [-0.3, -0.25) is 4.79 Å². The summed E-state index contributed by atoms with van der Waals surface area (Å²) in [5, 5.41) is 7.19. The molecule has 0 spiro atoms. The van der Waals surface area contributed by atoms with E-state index in [0.717, 1.165) is 28.4 Å². The van der Waals surface area contributed by atoms with Crippen molar-refractivity contribution in [2.75, 3.05) is 38.0 Å². The van der Waals surface area contributed by atoms with E-state index in [2.05, 4.69) is 15.8 Å². The van der Waals surface area contributed by atoms with Gasteiger partial charge in [0.15, 0.2) is 0 Å². The van der Waals surface area contributed by atoms with Crippen LogP contribution in [0, 0.1) is 0 Å². The molecule has 0 unspecified atom stereocenters. The minimum atomic E-state index is -0.216. The van der Waals surface area contributed by atoms with Gasteiger partial charge < -0.3 is 15.0 Å². The highest BCUT2D eigenvalue weighted by Gasteiger charge is 2.03. The average Bonchev–Trinajstić information content (AvgIpc) is 2.64. The number of anilines is 2. The molecule has 0 aromatic heterocycles. The SMILES string of the molecule is COc1cccc(NCC(=O)N/N=C(/C)c2ccc(N(C)C)cc2)c1. The highest BCUT2D eigenvalue weighted by Crippen LogP contribution is 2.16. The van der Waals surface area contributed by atoms with Crippen LogP contribution in [-0.4, -0.2) is 39.4 Å². The number of rotatable bonds is 7. The van der Waals surface area contributed by atoms with Crippen molar-refractivity contribution in [2.45, 2.75) is 6.92 Å². The fourth-order valence-corrected chi connectivity index (χ4v) is 2.17. The van der Waals surface area contributed by atoms with Gasteiger partial charge in [-0.2, -0.15) is 5.10 Å². The number of hydrogen-bond donors (Lipinski definition) is 2. The van der Waals surface area contributed by atoms with Gasteiger partial charge in [-0.15, -0.1) is 0 Å². The number of hydrazone groups is 1. The van der Waals surface area contributed by atoms with E-state index in [4.69, 9.17) is 4.74 Å². The predicted octanol–water partition coefficient (Wildman–Crippen LogP) is 2.71. The van der Waals surface area contributed by atoms with E-state index in [1.807, 2.05) is 74.4 Å². The van der Waals surface area contributed by atoms with E-state index < -0.39 is 0 Å². The van der Waals surface area contributed by atoms with Gasteiger partial charge in [0.2, 0.25) is 0 Å². The van der Waals surface area contributed by atoms with Crippen LogP contribution in [0.2, 0.25) is 0 Å². The third-order valence-electron chi connectivity index (χ3n) is 3.67. The van der Waals surface area contributed by atoms with Gasteiger partial charge in [0.1, 0.15) is 5.75 Å². The highest BCUT2D eigenvalue weighted by atomic mass is 16.5. The van der Waals surface area contributed by atoms with Crippen molar-refractivity contribution in [1.82, 2.24) is 5.43 Å². The summed E-state index contributed by atoms with van der Waals surface area (Å²) in [4.78, 5) is 14.0. The molecule has 1 amide bonds. The Kier molecular flexibility index (Phi) is 6.39. The van der Waals surface area contributed by atoms with Crippen LogP contribution >= 0.6 is 0 Å². The lowest BCUT2D eigenvalue weighted by molar-refractivity contribution is -0.119. The average molecular weight is 340 g/mol. The van der Waals surface area contributed by atoms with Crippen LogP contribution in [-0.2, 0) is 4.79 Å². The van der Waals surface area contributed by atoms with Crippen LogP contribution in [0.3, 0.4) is 0 Å². The zero-order valence-corrected chi connectivity index (χ0v) is 15.0. The Morgan fingerprint density at radius 3 is 2.52 bits per heavy atom. The minimum Gasteiger partial charge on any atom is -0.497 e. The second-order valence-electron chi connectivity index (χ2n) is 5.76. The summed E-state index contributed by atoms with van der Waals surface area (Å²) in [5.41, 5.74) is 6.20. The maximum Gasteiger partial charge on any atom is 0.259 e. The molecule has 0 saturated carbocycles. The number of nitrogens with zero attached hydrogens (tertiary/aromatic N) is 2. The normalized spacial score (nSPS) is 11.0. The van der Waals surface area contributed by atoms with E-state index in [9.17, 15) is 4.79 Å². The molecule has 2 rings (SSSR count). The fourth-order valence-electron chi connectivity index (χ4n) is 2.17. The minimum absolute atomic E-state index is 0.128. The molecule has 0 atom stereocenters. The first-order valence-corrected chi connectivity index (χ1v) is 7.98. The summed E-state index contributed by atoms with van der Waals surface area (Å²) in [6, 6.07) is 15.4. The van der Waals surface area contributed by atoms with Gasteiger partial charge in [0.05, 0.1) is 19.4 Å². The number of hydrogen-bond acceptors (Lipinski definition) is 5. The Morgan fingerprint density at radius 1 is 1.16 bits per heavy atom. The standard InChI is InChI=1S/C19H24N4O2/c1-14(15-8-10-17(11-9-15)23(2)3)21-22-19(24)13-20-16-6-5-7-18(12-16)25-4/h5-12,20H,13H2,1-4H3,(H,22,24)/b21-14-. The maximum absolute atomic E-state index is 11.9. The molecular formula is C19H24N4O2. The second-order valence-corrected chi connectivity index (χ2v) is 5.76. The number of amides is 1. The Hall–Kier alpha value is -3.02. The molecule has 0 bridgehead atoms. The largest absolute Gasteiger partial charge is 0.497 e. The van der Waals surface area contributed by atoms with Crippen LogP contribution in [0.15, 0.2) is 53.6 Å². The molecule has 25 heavy (non-hydrogen) atoms. The van der Waals surface area contributed by atoms with Crippen molar-refractivity contribution < 1.29 is 9.53 Å². The molecule has 0 radical (unpaired) electrons. The van der Waals surface area contributed by atoms with E-state index in [0.29, 0.717) is 0 Å². The van der Waals surface area contributed by atoms with E-state index >= 15 is 0 Å². The van der Waals surface area contributed by atoms with Crippen LogP contribution in [0.25, 0.3) is 0 Å². The lowest BCUT2D eigenvalue weighted by Gasteiger charge is -2.12. The molecule has 0 fully saturated rings. The molecule has 0 aliphatic heterocycles. The molecule has 6 heteroatoms. The zero-order chi connectivity index (χ0) is 18.2. The molecule has 0 heterocycles. The topological polar surface area (TPSA) is 66.0 Å². The quantitative estimate of drug-likeness (QED) is 0.601. The van der Waals surface area contributed by atoms with Gasteiger partial charge in [0.25, 0.3) is 5.91 Å². The molecule has 2 aromatic carbocycles. The van der Waals surface area contributed by atoms with Crippen molar-refractivity contribution in [1.29, 1.82) is 0 Å². The Bertz CT molecular complexity index is 739. The van der Waals surface area contributed by atoms with Gasteiger partial charge in [-0.05, 0) is 36.8 Å². The van der Waals surface area contributed by atoms with Gasteiger partial charge in [-0.25, -0.2) is 5.43 Å². The van der Waals surface area contributed by atoms with E-state index in [-0.39, 0.29) is 12.5 Å². The Morgan fingerprint density at radius 2 is 1.88 bits per heavy atom. The first-order chi connectivity index (χ1) is 12.0. The first kappa shape index (κ1) is 18.3. The zero-order valence-electron chi connectivity index (χ0n) is 15.0. The number of ether oxygens (including phenoxy) is 1. The monoisotopic (exact) mass is 340 g/mol. The third kappa shape index (κ3) is 5.53. The summed E-state index contributed by atoms with van der Waals surface area (Å²) in [6.45, 7) is 1.99. The second kappa shape index (κ2) is 8.73. The van der Waals surface area contributed by atoms with Gasteiger partial charge in [0, 0.05) is 31.5 Å². The molecule has 0 aliphatic carbocycles. The van der Waals surface area contributed by atoms with E-state index in [1.165, 1.54) is 0 Å². The first-order valence-electron chi connectivity index (χ1n) is 7.98. The number of benzene rings is 2. The van der Waals surface area contributed by atoms with Crippen molar-refractivity contribution in [3.63, 3.8) is 0 Å². The van der Waals surface area contributed by atoms with E-state index in [1.54, 1.807) is 7.11 Å². The van der Waals surface area contributed by atoms with Crippen molar-refractivity contribution in [2.24, 2.45) is 5.10 Å². The highest BCUT2D eigenvalue weighted by molar-refractivity contribution is 5.99. The summed E-state index contributed by atoms with van der Waals surface area (Å²) < 4.78 is 5.15. The Labute approximate surface area is 148 Å². The summed E-state index contributed by atoms with van der Waals surface area (Å²) in [5.74, 6) is 0.521.